The Hall–Kier alpha value is -0.0800. The van der Waals surface area contributed by atoms with Gasteiger partial charge in [0.2, 0.25) is 0 Å². The Morgan fingerprint density at radius 1 is 1.11 bits per heavy atom. The fourth-order valence-corrected chi connectivity index (χ4v) is 4.18. The lowest BCUT2D eigenvalue weighted by molar-refractivity contribution is 0.000751. The van der Waals surface area contributed by atoms with E-state index in [1.807, 2.05) is 0 Å². The van der Waals surface area contributed by atoms with Crippen LogP contribution in [0.2, 0.25) is 0 Å². The van der Waals surface area contributed by atoms with Crippen LogP contribution in [0.1, 0.15) is 72.1 Å². The van der Waals surface area contributed by atoms with Crippen LogP contribution in [0.5, 0.6) is 0 Å². The highest BCUT2D eigenvalue weighted by Gasteiger charge is 2.38. The molecule has 0 aromatic rings. The zero-order valence-electron chi connectivity index (χ0n) is 13.2. The van der Waals surface area contributed by atoms with Crippen LogP contribution in [0.15, 0.2) is 0 Å². The average Bonchev–Trinajstić information content (AvgIpc) is 2.86. The highest BCUT2D eigenvalue weighted by Crippen LogP contribution is 2.38. The van der Waals surface area contributed by atoms with Crippen LogP contribution in [0, 0.1) is 11.8 Å². The van der Waals surface area contributed by atoms with Crippen LogP contribution >= 0.6 is 0 Å². The third-order valence-corrected chi connectivity index (χ3v) is 5.25. The molecule has 1 N–H and O–H groups in total. The van der Waals surface area contributed by atoms with Crippen molar-refractivity contribution >= 4 is 0 Å². The minimum absolute atomic E-state index is 0.471. The number of hydrogen-bond donors (Lipinski definition) is 1. The van der Waals surface area contributed by atoms with E-state index >= 15 is 0 Å². The lowest BCUT2D eigenvalue weighted by Gasteiger charge is -2.40. The van der Waals surface area contributed by atoms with Gasteiger partial charge in [-0.15, -0.1) is 0 Å². The highest BCUT2D eigenvalue weighted by atomic mass is 16.5. The van der Waals surface area contributed by atoms with Gasteiger partial charge in [-0.25, -0.2) is 0 Å². The third kappa shape index (κ3) is 3.95. The van der Waals surface area contributed by atoms with Gasteiger partial charge in [-0.05, 0) is 51.0 Å². The van der Waals surface area contributed by atoms with Crippen LogP contribution < -0.4 is 5.32 Å². The first kappa shape index (κ1) is 15.3. The van der Waals surface area contributed by atoms with Gasteiger partial charge >= 0.3 is 0 Å². The smallest absolute Gasteiger partial charge is 0.0735 e. The Morgan fingerprint density at radius 3 is 2.53 bits per heavy atom. The number of nitrogens with one attached hydrogen (secondary N) is 1. The molecule has 1 aliphatic carbocycles. The summed E-state index contributed by atoms with van der Waals surface area (Å²) in [5, 5.41) is 3.84. The third-order valence-electron chi connectivity index (χ3n) is 5.25. The molecule has 112 valence electrons. The second-order valence-electron chi connectivity index (χ2n) is 6.66. The molecule has 0 amide bonds. The van der Waals surface area contributed by atoms with Gasteiger partial charge in [0.1, 0.15) is 0 Å². The molecule has 0 aromatic carbocycles. The lowest BCUT2D eigenvalue weighted by Crippen LogP contribution is -2.49. The first-order chi connectivity index (χ1) is 9.26. The summed E-state index contributed by atoms with van der Waals surface area (Å²) in [5.74, 6) is 1.77. The predicted molar refractivity (Wildman–Crippen MR) is 81.4 cm³/mol. The van der Waals surface area contributed by atoms with Crippen LogP contribution in [-0.4, -0.2) is 24.8 Å². The molecule has 2 aliphatic rings. The molecule has 1 heterocycles. The normalized spacial score (nSPS) is 37.4. The van der Waals surface area contributed by atoms with Crippen molar-refractivity contribution in [2.45, 2.75) is 90.4 Å². The molecular formula is C17H33NO. The quantitative estimate of drug-likeness (QED) is 0.781. The fraction of sp³-hybridized carbons (Fsp3) is 1.00. The molecule has 1 saturated carbocycles. The maximum absolute atomic E-state index is 6.20. The van der Waals surface area contributed by atoms with Crippen molar-refractivity contribution in [1.29, 1.82) is 0 Å². The van der Waals surface area contributed by atoms with Gasteiger partial charge in [0, 0.05) is 6.04 Å². The van der Waals surface area contributed by atoms with E-state index in [0.717, 1.165) is 18.4 Å². The summed E-state index contributed by atoms with van der Waals surface area (Å²) >= 11 is 0. The van der Waals surface area contributed by atoms with Crippen molar-refractivity contribution in [2.75, 3.05) is 6.54 Å². The maximum atomic E-state index is 6.20. The Labute approximate surface area is 119 Å². The summed E-state index contributed by atoms with van der Waals surface area (Å²) in [4.78, 5) is 0. The van der Waals surface area contributed by atoms with Crippen molar-refractivity contribution in [2.24, 2.45) is 11.8 Å². The molecule has 0 aromatic heterocycles. The van der Waals surface area contributed by atoms with E-state index in [1.165, 1.54) is 51.4 Å². The zero-order chi connectivity index (χ0) is 13.7. The Balaban J connectivity index is 2.02. The summed E-state index contributed by atoms with van der Waals surface area (Å²) < 4.78 is 6.20. The molecule has 2 heteroatoms. The van der Waals surface area contributed by atoms with E-state index in [4.69, 9.17) is 4.74 Å². The van der Waals surface area contributed by atoms with Gasteiger partial charge in [-0.2, -0.15) is 0 Å². The van der Waals surface area contributed by atoms with Gasteiger partial charge in [0.25, 0.3) is 0 Å². The molecule has 1 saturated heterocycles. The van der Waals surface area contributed by atoms with Gasteiger partial charge in [-0.3, -0.25) is 0 Å². The summed E-state index contributed by atoms with van der Waals surface area (Å²) in [6.45, 7) is 8.01. The Kier molecular flexibility index (Phi) is 6.15. The Bertz CT molecular complexity index is 256. The minimum Gasteiger partial charge on any atom is -0.374 e. The topological polar surface area (TPSA) is 21.3 Å². The van der Waals surface area contributed by atoms with Crippen molar-refractivity contribution in [1.82, 2.24) is 5.32 Å². The molecule has 5 unspecified atom stereocenters. The molecule has 5 atom stereocenters. The first-order valence-electron chi connectivity index (χ1n) is 8.65. The summed E-state index contributed by atoms with van der Waals surface area (Å²) in [6.07, 6.45) is 11.7. The highest BCUT2D eigenvalue weighted by molar-refractivity contribution is 4.92. The van der Waals surface area contributed by atoms with Gasteiger partial charge < -0.3 is 10.1 Å². The molecule has 0 radical (unpaired) electrons. The molecule has 19 heavy (non-hydrogen) atoms. The molecular weight excluding hydrogens is 234 g/mol. The SMILES string of the molecule is CCCNC(C1CCC(C)O1)C1CCCCC1CC. The summed E-state index contributed by atoms with van der Waals surface area (Å²) in [5.41, 5.74) is 0. The second kappa shape index (κ2) is 7.64. The van der Waals surface area contributed by atoms with E-state index in [0.29, 0.717) is 18.2 Å². The summed E-state index contributed by atoms with van der Waals surface area (Å²) in [6, 6.07) is 0.607. The van der Waals surface area contributed by atoms with E-state index in [1.54, 1.807) is 0 Å². The molecule has 0 spiro atoms. The largest absolute Gasteiger partial charge is 0.374 e. The maximum Gasteiger partial charge on any atom is 0.0735 e. The Morgan fingerprint density at radius 2 is 1.89 bits per heavy atom. The van der Waals surface area contributed by atoms with Crippen LogP contribution in [-0.2, 0) is 4.74 Å². The number of ether oxygens (including phenoxy) is 1. The molecule has 2 nitrogen and oxygen atoms in total. The fourth-order valence-electron chi connectivity index (χ4n) is 4.18. The second-order valence-corrected chi connectivity index (χ2v) is 6.66. The van der Waals surface area contributed by atoms with Crippen molar-refractivity contribution in [3.63, 3.8) is 0 Å². The van der Waals surface area contributed by atoms with Gasteiger partial charge in [-0.1, -0.05) is 39.5 Å². The van der Waals surface area contributed by atoms with E-state index < -0.39 is 0 Å². The molecule has 2 fully saturated rings. The molecule has 2 rings (SSSR count). The lowest BCUT2D eigenvalue weighted by atomic mass is 9.72. The molecule has 1 aliphatic heterocycles. The first-order valence-corrected chi connectivity index (χ1v) is 8.65. The average molecular weight is 267 g/mol. The van der Waals surface area contributed by atoms with Crippen LogP contribution in [0.4, 0.5) is 0 Å². The zero-order valence-corrected chi connectivity index (χ0v) is 13.2. The van der Waals surface area contributed by atoms with Crippen molar-refractivity contribution < 1.29 is 4.74 Å². The van der Waals surface area contributed by atoms with Gasteiger partial charge in [0.05, 0.1) is 12.2 Å². The van der Waals surface area contributed by atoms with E-state index in [9.17, 15) is 0 Å². The van der Waals surface area contributed by atoms with E-state index in [-0.39, 0.29) is 0 Å². The van der Waals surface area contributed by atoms with Crippen molar-refractivity contribution in [3.05, 3.63) is 0 Å². The van der Waals surface area contributed by atoms with Gasteiger partial charge in [0.15, 0.2) is 0 Å². The number of hydrogen-bond acceptors (Lipinski definition) is 2. The summed E-state index contributed by atoms with van der Waals surface area (Å²) in [7, 11) is 0. The van der Waals surface area contributed by atoms with Crippen LogP contribution in [0.3, 0.4) is 0 Å². The standard InChI is InChI=1S/C17H33NO/c1-4-12-18-17(16-11-10-13(3)19-16)15-9-7-6-8-14(15)5-2/h13-18H,4-12H2,1-3H3. The monoisotopic (exact) mass is 267 g/mol. The van der Waals surface area contributed by atoms with Crippen LogP contribution in [0.25, 0.3) is 0 Å². The predicted octanol–water partition coefficient (Wildman–Crippen LogP) is 4.14. The van der Waals surface area contributed by atoms with E-state index in [2.05, 4.69) is 26.1 Å². The number of rotatable bonds is 6. The van der Waals surface area contributed by atoms with Crippen molar-refractivity contribution in [3.8, 4) is 0 Å². The molecule has 0 bridgehead atoms. The minimum atomic E-state index is 0.471.